The molecule has 0 radical (unpaired) electrons. The number of rotatable bonds is 3. The number of aromatic nitrogens is 1. The molecule has 0 bridgehead atoms. The molecule has 1 aliphatic heterocycles. The van der Waals surface area contributed by atoms with E-state index in [1.165, 1.54) is 5.56 Å². The zero-order valence-electron chi connectivity index (χ0n) is 18.0. The van der Waals surface area contributed by atoms with Crippen LogP contribution in [0.1, 0.15) is 38.4 Å². The quantitative estimate of drug-likeness (QED) is 0.759. The number of nitrogens with zero attached hydrogens (tertiary/aromatic N) is 1. The Morgan fingerprint density at radius 3 is 2.60 bits per heavy atom. The highest BCUT2D eigenvalue weighted by molar-refractivity contribution is 5.83. The van der Waals surface area contributed by atoms with Crippen molar-refractivity contribution < 1.29 is 14.6 Å². The van der Waals surface area contributed by atoms with Gasteiger partial charge in [-0.1, -0.05) is 50.3 Å². The maximum atomic E-state index is 12.4. The standard InChI is InChI=1S/C25H30N2O3/c1-15-7-5-6-8-21(15)19-9-10-20(27-14-19)11-12-24(26)17(3)16(2)13-25(29)22(24)18(4)30-23(25)28/h5-12,14,16-18,22,29H,13,26H2,1-4H3/b12-11+/t16-,17?,18+,22-,24+,25-/m0/s1. The fourth-order valence-corrected chi connectivity index (χ4v) is 5.37. The maximum Gasteiger partial charge on any atom is 0.338 e. The van der Waals surface area contributed by atoms with Crippen molar-refractivity contribution >= 4 is 12.0 Å². The van der Waals surface area contributed by atoms with Gasteiger partial charge in [-0.15, -0.1) is 0 Å². The van der Waals surface area contributed by atoms with E-state index in [-0.39, 0.29) is 11.8 Å². The predicted octanol–water partition coefficient (Wildman–Crippen LogP) is 3.74. The molecule has 5 heteroatoms. The number of fused-ring (bicyclic) bond motifs is 1. The summed E-state index contributed by atoms with van der Waals surface area (Å²) >= 11 is 0. The lowest BCUT2D eigenvalue weighted by atomic mass is 9.56. The van der Waals surface area contributed by atoms with E-state index in [9.17, 15) is 9.90 Å². The molecule has 1 saturated heterocycles. The minimum absolute atomic E-state index is 0.0715. The number of nitrogens with two attached hydrogens (primary N) is 1. The van der Waals surface area contributed by atoms with E-state index >= 15 is 0 Å². The molecule has 1 unspecified atom stereocenters. The number of carbonyl (C=O) groups is 1. The molecule has 0 amide bonds. The third-order valence-electron chi connectivity index (χ3n) is 7.23. The first-order valence-electron chi connectivity index (χ1n) is 10.6. The molecule has 1 aromatic carbocycles. The van der Waals surface area contributed by atoms with Crippen LogP contribution >= 0.6 is 0 Å². The number of pyridine rings is 1. The predicted molar refractivity (Wildman–Crippen MR) is 117 cm³/mol. The van der Waals surface area contributed by atoms with Crippen molar-refractivity contribution in [3.05, 3.63) is 59.9 Å². The van der Waals surface area contributed by atoms with Crippen LogP contribution in [0.25, 0.3) is 17.2 Å². The molecular formula is C25H30N2O3. The average Bonchev–Trinajstić information content (AvgIpc) is 2.94. The number of carbonyl (C=O) groups excluding carboxylic acids is 1. The summed E-state index contributed by atoms with van der Waals surface area (Å²) in [6.45, 7) is 8.01. The van der Waals surface area contributed by atoms with Gasteiger partial charge in [-0.2, -0.15) is 0 Å². The molecule has 2 aromatic rings. The van der Waals surface area contributed by atoms with Crippen LogP contribution in [0.2, 0.25) is 0 Å². The Kier molecular flexibility index (Phi) is 5.07. The molecule has 1 aromatic heterocycles. The number of aryl methyl sites for hydroxylation is 1. The lowest BCUT2D eigenvalue weighted by molar-refractivity contribution is -0.161. The molecule has 30 heavy (non-hydrogen) atoms. The maximum absolute atomic E-state index is 12.4. The Balaban J connectivity index is 1.65. The van der Waals surface area contributed by atoms with Gasteiger partial charge in [0.25, 0.3) is 0 Å². The SMILES string of the molecule is Cc1ccccc1-c1ccc(/C=C/[C@@]2(N)C(C)[C@@H](C)C[C@@]3(O)C(=O)O[C@H](C)[C@H]32)nc1. The van der Waals surface area contributed by atoms with Crippen molar-refractivity contribution in [1.82, 2.24) is 4.98 Å². The number of cyclic esters (lactones) is 1. The molecule has 1 saturated carbocycles. The van der Waals surface area contributed by atoms with Crippen molar-refractivity contribution in [2.75, 3.05) is 0 Å². The number of esters is 1. The van der Waals surface area contributed by atoms with Crippen LogP contribution in [0.15, 0.2) is 48.7 Å². The summed E-state index contributed by atoms with van der Waals surface area (Å²) < 4.78 is 5.41. The fraction of sp³-hybridized carbons (Fsp3) is 0.440. The Bertz CT molecular complexity index is 986. The third kappa shape index (κ3) is 3.17. The zero-order chi connectivity index (χ0) is 21.7. The second-order valence-electron chi connectivity index (χ2n) is 9.10. The van der Waals surface area contributed by atoms with Crippen molar-refractivity contribution in [3.63, 3.8) is 0 Å². The van der Waals surface area contributed by atoms with Crippen LogP contribution in [0.5, 0.6) is 0 Å². The fourth-order valence-electron chi connectivity index (χ4n) is 5.37. The van der Waals surface area contributed by atoms with Crippen LogP contribution in [0.3, 0.4) is 0 Å². The van der Waals surface area contributed by atoms with E-state index in [1.54, 1.807) is 0 Å². The van der Waals surface area contributed by atoms with Gasteiger partial charge in [-0.3, -0.25) is 4.98 Å². The van der Waals surface area contributed by atoms with Gasteiger partial charge in [0.15, 0.2) is 5.60 Å². The van der Waals surface area contributed by atoms with E-state index in [0.717, 1.165) is 16.8 Å². The normalized spacial score (nSPS) is 36.0. The van der Waals surface area contributed by atoms with Crippen molar-refractivity contribution in [2.24, 2.45) is 23.5 Å². The highest BCUT2D eigenvalue weighted by Crippen LogP contribution is 2.52. The first-order chi connectivity index (χ1) is 14.2. The molecule has 0 spiro atoms. The minimum Gasteiger partial charge on any atom is -0.460 e. The van der Waals surface area contributed by atoms with E-state index in [4.69, 9.17) is 10.5 Å². The molecule has 2 fully saturated rings. The Hall–Kier alpha value is -2.50. The van der Waals surface area contributed by atoms with Gasteiger partial charge in [0.1, 0.15) is 6.10 Å². The third-order valence-corrected chi connectivity index (χ3v) is 7.23. The molecule has 4 rings (SSSR count). The van der Waals surface area contributed by atoms with Gasteiger partial charge in [-0.05, 0) is 55.4 Å². The number of benzene rings is 1. The summed E-state index contributed by atoms with van der Waals surface area (Å²) in [5.41, 5.74) is 8.68. The van der Waals surface area contributed by atoms with Gasteiger partial charge >= 0.3 is 5.97 Å². The van der Waals surface area contributed by atoms with Crippen molar-refractivity contribution in [3.8, 4) is 11.1 Å². The van der Waals surface area contributed by atoms with Crippen LogP contribution in [-0.4, -0.2) is 33.3 Å². The highest BCUT2D eigenvalue weighted by Gasteiger charge is 2.66. The lowest BCUT2D eigenvalue weighted by Crippen LogP contribution is -2.66. The summed E-state index contributed by atoms with van der Waals surface area (Å²) in [6.07, 6.45) is 5.60. The van der Waals surface area contributed by atoms with Crippen LogP contribution in [0, 0.1) is 24.7 Å². The number of aliphatic hydroxyl groups is 1. The van der Waals surface area contributed by atoms with Crippen molar-refractivity contribution in [2.45, 2.75) is 51.4 Å². The van der Waals surface area contributed by atoms with Crippen molar-refractivity contribution in [1.29, 1.82) is 0 Å². The van der Waals surface area contributed by atoms with Gasteiger partial charge in [-0.25, -0.2) is 4.79 Å². The summed E-state index contributed by atoms with van der Waals surface area (Å²) in [6, 6.07) is 12.2. The summed E-state index contributed by atoms with van der Waals surface area (Å²) in [4.78, 5) is 17.0. The second kappa shape index (κ2) is 7.33. The summed E-state index contributed by atoms with van der Waals surface area (Å²) in [5, 5.41) is 11.2. The Morgan fingerprint density at radius 2 is 1.93 bits per heavy atom. The molecular weight excluding hydrogens is 376 g/mol. The molecule has 3 N–H and O–H groups in total. The van der Waals surface area contributed by atoms with Gasteiger partial charge in [0, 0.05) is 17.3 Å². The first-order valence-corrected chi connectivity index (χ1v) is 10.6. The number of hydrogen-bond acceptors (Lipinski definition) is 5. The molecule has 6 atom stereocenters. The van der Waals surface area contributed by atoms with E-state index in [0.29, 0.717) is 6.42 Å². The van der Waals surface area contributed by atoms with Crippen LogP contribution in [0.4, 0.5) is 0 Å². The zero-order valence-corrected chi connectivity index (χ0v) is 18.0. The van der Waals surface area contributed by atoms with Crippen LogP contribution < -0.4 is 5.73 Å². The summed E-state index contributed by atoms with van der Waals surface area (Å²) in [7, 11) is 0. The lowest BCUT2D eigenvalue weighted by Gasteiger charge is -2.51. The van der Waals surface area contributed by atoms with E-state index in [1.807, 2.05) is 56.5 Å². The monoisotopic (exact) mass is 406 g/mol. The number of hydrogen-bond donors (Lipinski definition) is 2. The molecule has 158 valence electrons. The van der Waals surface area contributed by atoms with E-state index < -0.39 is 29.1 Å². The molecule has 5 nitrogen and oxygen atoms in total. The minimum atomic E-state index is -1.54. The summed E-state index contributed by atoms with van der Waals surface area (Å²) in [5.74, 6) is -0.897. The average molecular weight is 407 g/mol. The van der Waals surface area contributed by atoms with Gasteiger partial charge < -0.3 is 15.6 Å². The topological polar surface area (TPSA) is 85.4 Å². The second-order valence-corrected chi connectivity index (χ2v) is 9.10. The molecule has 2 aliphatic rings. The van der Waals surface area contributed by atoms with Gasteiger partial charge in [0.05, 0.1) is 11.6 Å². The first kappa shape index (κ1) is 20.8. The van der Waals surface area contributed by atoms with Gasteiger partial charge in [0.2, 0.25) is 0 Å². The highest BCUT2D eigenvalue weighted by atomic mass is 16.6. The smallest absolute Gasteiger partial charge is 0.338 e. The van der Waals surface area contributed by atoms with Crippen LogP contribution in [-0.2, 0) is 9.53 Å². The molecule has 1 aliphatic carbocycles. The largest absolute Gasteiger partial charge is 0.460 e. The number of ether oxygens (including phenoxy) is 1. The molecule has 2 heterocycles. The Labute approximate surface area is 178 Å². The van der Waals surface area contributed by atoms with E-state index in [2.05, 4.69) is 31.0 Å². The Morgan fingerprint density at radius 1 is 1.20 bits per heavy atom.